The summed E-state index contributed by atoms with van der Waals surface area (Å²) in [6, 6.07) is 9.72. The van der Waals surface area contributed by atoms with E-state index in [1.807, 2.05) is 43.3 Å². The van der Waals surface area contributed by atoms with Gasteiger partial charge >= 0.3 is 0 Å². The van der Waals surface area contributed by atoms with Crippen LogP contribution >= 0.6 is 0 Å². The molecule has 1 aliphatic rings. The van der Waals surface area contributed by atoms with Gasteiger partial charge in [-0.05, 0) is 43.2 Å². The van der Waals surface area contributed by atoms with E-state index in [0.29, 0.717) is 17.7 Å². The lowest BCUT2D eigenvalue weighted by Gasteiger charge is -2.13. The molecular formula is C16H19N5O. The van der Waals surface area contributed by atoms with Gasteiger partial charge in [-0.1, -0.05) is 0 Å². The van der Waals surface area contributed by atoms with Gasteiger partial charge in [-0.3, -0.25) is 4.79 Å². The Hall–Kier alpha value is -2.63. The molecule has 0 bridgehead atoms. The third kappa shape index (κ3) is 3.52. The molecule has 1 aromatic heterocycles. The Balaban J connectivity index is 1.68. The average Bonchev–Trinajstić information content (AvgIpc) is 3.32. The number of nitrogens with one attached hydrogen (secondary N) is 2. The topological polar surface area (TPSA) is 70.2 Å². The molecule has 0 unspecified atom stereocenters. The summed E-state index contributed by atoms with van der Waals surface area (Å²) in [7, 11) is 3.95. The molecule has 0 saturated heterocycles. The highest BCUT2D eigenvalue weighted by Crippen LogP contribution is 2.22. The fraction of sp³-hybridized carbons (Fsp3) is 0.312. The molecule has 1 saturated carbocycles. The van der Waals surface area contributed by atoms with Crippen molar-refractivity contribution in [3.63, 3.8) is 0 Å². The molecular weight excluding hydrogens is 278 g/mol. The average molecular weight is 297 g/mol. The maximum Gasteiger partial charge on any atom is 0.274 e. The number of carbonyl (C=O) groups is 1. The smallest absolute Gasteiger partial charge is 0.274 e. The number of rotatable bonds is 5. The molecule has 22 heavy (non-hydrogen) atoms. The van der Waals surface area contributed by atoms with E-state index in [9.17, 15) is 4.79 Å². The highest BCUT2D eigenvalue weighted by molar-refractivity contribution is 6.03. The number of aromatic nitrogens is 2. The maximum atomic E-state index is 12.2. The van der Waals surface area contributed by atoms with Crippen molar-refractivity contribution in [3.05, 3.63) is 42.2 Å². The van der Waals surface area contributed by atoms with Gasteiger partial charge in [-0.25, -0.2) is 9.97 Å². The van der Waals surface area contributed by atoms with E-state index in [4.69, 9.17) is 0 Å². The Morgan fingerprint density at radius 2 is 1.91 bits per heavy atom. The second-order valence-electron chi connectivity index (χ2n) is 5.58. The van der Waals surface area contributed by atoms with Crippen LogP contribution in [0.5, 0.6) is 0 Å². The molecule has 2 aromatic rings. The Morgan fingerprint density at radius 3 is 2.55 bits per heavy atom. The van der Waals surface area contributed by atoms with Crippen molar-refractivity contribution in [2.24, 2.45) is 0 Å². The van der Waals surface area contributed by atoms with Crippen LogP contribution in [0.1, 0.15) is 23.3 Å². The van der Waals surface area contributed by atoms with Crippen molar-refractivity contribution >= 4 is 23.2 Å². The quantitative estimate of drug-likeness (QED) is 0.886. The minimum Gasteiger partial charge on any atom is -0.378 e. The molecule has 2 N–H and O–H groups in total. The van der Waals surface area contributed by atoms with E-state index < -0.39 is 0 Å². The summed E-state index contributed by atoms with van der Waals surface area (Å²) in [6.45, 7) is 0. The standard InChI is InChI=1S/C16H19N5O/c1-21(2)13-7-5-11(6-8-13)18-15(22)14-9-10-17-16(20-14)19-12-3-4-12/h5-10,12H,3-4H2,1-2H3,(H,18,22)(H,17,19,20). The molecule has 0 radical (unpaired) electrons. The fourth-order valence-corrected chi connectivity index (χ4v) is 2.00. The van der Waals surface area contributed by atoms with Crippen molar-refractivity contribution in [2.75, 3.05) is 29.6 Å². The molecule has 6 heteroatoms. The van der Waals surface area contributed by atoms with Crippen molar-refractivity contribution in [2.45, 2.75) is 18.9 Å². The first kappa shape index (κ1) is 14.3. The van der Waals surface area contributed by atoms with Crippen LogP contribution in [0.2, 0.25) is 0 Å². The van der Waals surface area contributed by atoms with Crippen LogP contribution in [-0.4, -0.2) is 36.0 Å². The largest absolute Gasteiger partial charge is 0.378 e. The molecule has 0 spiro atoms. The predicted octanol–water partition coefficient (Wildman–Crippen LogP) is 2.37. The molecule has 0 atom stereocenters. The van der Waals surface area contributed by atoms with E-state index in [0.717, 1.165) is 24.2 Å². The van der Waals surface area contributed by atoms with Gasteiger partial charge in [0.25, 0.3) is 5.91 Å². The number of carbonyl (C=O) groups excluding carboxylic acids is 1. The molecule has 1 amide bonds. The van der Waals surface area contributed by atoms with E-state index in [1.165, 1.54) is 0 Å². The predicted molar refractivity (Wildman–Crippen MR) is 87.4 cm³/mol. The van der Waals surface area contributed by atoms with Gasteiger partial charge in [-0.2, -0.15) is 0 Å². The van der Waals surface area contributed by atoms with Crippen LogP contribution in [0, 0.1) is 0 Å². The highest BCUT2D eigenvalue weighted by atomic mass is 16.1. The SMILES string of the molecule is CN(C)c1ccc(NC(=O)c2ccnc(NC3CC3)n2)cc1. The van der Waals surface area contributed by atoms with E-state index in [1.54, 1.807) is 12.3 Å². The van der Waals surface area contributed by atoms with Gasteiger partial charge in [0.2, 0.25) is 5.95 Å². The number of hydrogen-bond acceptors (Lipinski definition) is 5. The zero-order valence-electron chi connectivity index (χ0n) is 12.7. The van der Waals surface area contributed by atoms with Gasteiger partial charge in [0.1, 0.15) is 5.69 Å². The van der Waals surface area contributed by atoms with Crippen molar-refractivity contribution in [3.8, 4) is 0 Å². The zero-order valence-corrected chi connectivity index (χ0v) is 12.7. The first-order valence-corrected chi connectivity index (χ1v) is 7.30. The molecule has 1 aliphatic carbocycles. The number of amides is 1. The summed E-state index contributed by atoms with van der Waals surface area (Å²) in [5.74, 6) is 0.275. The molecule has 3 rings (SSSR count). The maximum absolute atomic E-state index is 12.2. The monoisotopic (exact) mass is 297 g/mol. The van der Waals surface area contributed by atoms with Crippen molar-refractivity contribution in [1.29, 1.82) is 0 Å². The third-order valence-electron chi connectivity index (χ3n) is 3.44. The normalized spacial score (nSPS) is 13.5. The molecule has 1 fully saturated rings. The van der Waals surface area contributed by atoms with Crippen LogP contribution < -0.4 is 15.5 Å². The summed E-state index contributed by atoms with van der Waals surface area (Å²) < 4.78 is 0. The fourth-order valence-electron chi connectivity index (χ4n) is 2.00. The highest BCUT2D eigenvalue weighted by Gasteiger charge is 2.22. The lowest BCUT2D eigenvalue weighted by atomic mass is 10.2. The second kappa shape index (κ2) is 6.01. The number of hydrogen-bond donors (Lipinski definition) is 2. The molecule has 1 aromatic carbocycles. The molecule has 114 valence electrons. The number of anilines is 3. The first-order chi connectivity index (χ1) is 10.6. The third-order valence-corrected chi connectivity index (χ3v) is 3.44. The summed E-state index contributed by atoms with van der Waals surface area (Å²) in [5, 5.41) is 6.03. The van der Waals surface area contributed by atoms with Gasteiger partial charge < -0.3 is 15.5 Å². The van der Waals surface area contributed by atoms with Gasteiger partial charge in [0, 0.05) is 37.7 Å². The van der Waals surface area contributed by atoms with Gasteiger partial charge in [0.15, 0.2) is 0 Å². The summed E-state index contributed by atoms with van der Waals surface area (Å²) in [5.41, 5.74) is 2.18. The molecule has 6 nitrogen and oxygen atoms in total. The minimum atomic E-state index is -0.237. The van der Waals surface area contributed by atoms with Crippen LogP contribution in [0.4, 0.5) is 17.3 Å². The van der Waals surface area contributed by atoms with Gasteiger partial charge in [0.05, 0.1) is 0 Å². The second-order valence-corrected chi connectivity index (χ2v) is 5.58. The molecule has 1 heterocycles. The summed E-state index contributed by atoms with van der Waals surface area (Å²) in [6.07, 6.45) is 3.87. The van der Waals surface area contributed by atoms with Gasteiger partial charge in [-0.15, -0.1) is 0 Å². The first-order valence-electron chi connectivity index (χ1n) is 7.30. The number of benzene rings is 1. The van der Waals surface area contributed by atoms with Crippen LogP contribution in [0.15, 0.2) is 36.5 Å². The van der Waals surface area contributed by atoms with Crippen LogP contribution in [0.25, 0.3) is 0 Å². The van der Waals surface area contributed by atoms with Crippen LogP contribution in [-0.2, 0) is 0 Å². The Labute approximate surface area is 129 Å². The molecule has 0 aliphatic heterocycles. The van der Waals surface area contributed by atoms with E-state index in [2.05, 4.69) is 20.6 Å². The van der Waals surface area contributed by atoms with Crippen molar-refractivity contribution in [1.82, 2.24) is 9.97 Å². The lowest BCUT2D eigenvalue weighted by Crippen LogP contribution is -2.16. The van der Waals surface area contributed by atoms with E-state index >= 15 is 0 Å². The summed E-state index contributed by atoms with van der Waals surface area (Å²) >= 11 is 0. The zero-order chi connectivity index (χ0) is 15.5. The Morgan fingerprint density at radius 1 is 1.18 bits per heavy atom. The Kier molecular flexibility index (Phi) is 3.91. The van der Waals surface area contributed by atoms with Crippen molar-refractivity contribution < 1.29 is 4.79 Å². The summed E-state index contributed by atoms with van der Waals surface area (Å²) in [4.78, 5) is 22.6. The minimum absolute atomic E-state index is 0.237. The van der Waals surface area contributed by atoms with Crippen LogP contribution in [0.3, 0.4) is 0 Å². The Bertz CT molecular complexity index is 664. The van der Waals surface area contributed by atoms with E-state index in [-0.39, 0.29) is 5.91 Å². The number of nitrogens with zero attached hydrogens (tertiary/aromatic N) is 3. The lowest BCUT2D eigenvalue weighted by molar-refractivity contribution is 0.102.